The number of rotatable bonds is 1. The first kappa shape index (κ1) is 7.53. The second-order valence-corrected chi connectivity index (χ2v) is 3.16. The van der Waals surface area contributed by atoms with E-state index in [-0.39, 0.29) is 5.82 Å². The third-order valence-electron chi connectivity index (χ3n) is 2.31. The molecule has 0 N–H and O–H groups in total. The average Bonchev–Trinajstić information content (AvgIpc) is 2.58. The van der Waals surface area contributed by atoms with Crippen molar-refractivity contribution in [1.29, 1.82) is 0 Å². The van der Waals surface area contributed by atoms with Gasteiger partial charge in [0.2, 0.25) is 0 Å². The molecular formula is C11H11F. The van der Waals surface area contributed by atoms with Crippen molar-refractivity contribution in [2.75, 3.05) is 0 Å². The Balaban J connectivity index is 2.23. The molecule has 1 aromatic carbocycles. The summed E-state index contributed by atoms with van der Waals surface area (Å²) < 4.78 is 12.6. The highest BCUT2D eigenvalue weighted by atomic mass is 19.1. The van der Waals surface area contributed by atoms with Crippen LogP contribution in [0.5, 0.6) is 0 Å². The van der Waals surface area contributed by atoms with Gasteiger partial charge >= 0.3 is 0 Å². The van der Waals surface area contributed by atoms with Gasteiger partial charge in [-0.15, -0.1) is 0 Å². The average molecular weight is 162 g/mol. The Labute approximate surface area is 71.7 Å². The van der Waals surface area contributed by atoms with E-state index in [1.807, 2.05) is 12.1 Å². The van der Waals surface area contributed by atoms with Crippen LogP contribution in [-0.4, -0.2) is 0 Å². The SMILES string of the molecule is Fc1ccc([C@@H]2C=CCC2)cc1. The topological polar surface area (TPSA) is 0 Å². The molecule has 0 spiro atoms. The van der Waals surface area contributed by atoms with E-state index in [0.29, 0.717) is 5.92 Å². The lowest BCUT2D eigenvalue weighted by molar-refractivity contribution is 0.626. The zero-order chi connectivity index (χ0) is 8.39. The molecule has 0 nitrogen and oxygen atoms in total. The quantitative estimate of drug-likeness (QED) is 0.556. The maximum atomic E-state index is 12.6. The van der Waals surface area contributed by atoms with Gasteiger partial charge in [-0.05, 0) is 30.5 Å². The summed E-state index contributed by atoms with van der Waals surface area (Å²) in [5.74, 6) is 0.367. The molecule has 0 saturated heterocycles. The van der Waals surface area contributed by atoms with E-state index in [2.05, 4.69) is 12.2 Å². The summed E-state index contributed by atoms with van der Waals surface area (Å²) in [6, 6.07) is 6.80. The number of halogens is 1. The second-order valence-electron chi connectivity index (χ2n) is 3.16. The van der Waals surface area contributed by atoms with Crippen LogP contribution in [0.3, 0.4) is 0 Å². The van der Waals surface area contributed by atoms with E-state index in [4.69, 9.17) is 0 Å². The molecule has 0 aromatic heterocycles. The Morgan fingerprint density at radius 1 is 1.17 bits per heavy atom. The van der Waals surface area contributed by atoms with Crippen LogP contribution in [0.4, 0.5) is 4.39 Å². The molecule has 62 valence electrons. The Hall–Kier alpha value is -1.11. The minimum atomic E-state index is -0.152. The first-order chi connectivity index (χ1) is 5.86. The van der Waals surface area contributed by atoms with Crippen molar-refractivity contribution in [3.8, 4) is 0 Å². The Bertz CT molecular complexity index is 284. The second kappa shape index (κ2) is 3.10. The Kier molecular flexibility index (Phi) is 1.94. The summed E-state index contributed by atoms with van der Waals surface area (Å²) in [7, 11) is 0. The van der Waals surface area contributed by atoms with Crippen LogP contribution in [0.2, 0.25) is 0 Å². The molecule has 0 unspecified atom stereocenters. The van der Waals surface area contributed by atoms with E-state index >= 15 is 0 Å². The summed E-state index contributed by atoms with van der Waals surface area (Å²) in [5.41, 5.74) is 1.23. The van der Waals surface area contributed by atoms with Gasteiger partial charge in [0, 0.05) is 5.92 Å². The first-order valence-electron chi connectivity index (χ1n) is 4.28. The van der Waals surface area contributed by atoms with Gasteiger partial charge in [-0.3, -0.25) is 0 Å². The lowest BCUT2D eigenvalue weighted by Gasteiger charge is -2.06. The van der Waals surface area contributed by atoms with Gasteiger partial charge in [-0.1, -0.05) is 24.3 Å². The van der Waals surface area contributed by atoms with Crippen molar-refractivity contribution < 1.29 is 4.39 Å². The standard InChI is InChI=1S/C11H11F/c12-11-7-5-10(6-8-11)9-3-1-2-4-9/h1,3,5-9H,2,4H2/t9-/m1/s1. The van der Waals surface area contributed by atoms with Crippen LogP contribution in [0.1, 0.15) is 24.3 Å². The van der Waals surface area contributed by atoms with Crippen molar-refractivity contribution in [2.24, 2.45) is 0 Å². The molecular weight excluding hydrogens is 151 g/mol. The molecule has 0 aliphatic heterocycles. The van der Waals surface area contributed by atoms with Crippen LogP contribution in [0.15, 0.2) is 36.4 Å². The van der Waals surface area contributed by atoms with Gasteiger partial charge in [-0.25, -0.2) is 4.39 Å². The van der Waals surface area contributed by atoms with E-state index in [1.165, 1.54) is 24.1 Å². The first-order valence-corrected chi connectivity index (χ1v) is 4.28. The van der Waals surface area contributed by atoms with E-state index in [1.54, 1.807) is 0 Å². The molecule has 12 heavy (non-hydrogen) atoms. The van der Waals surface area contributed by atoms with Crippen molar-refractivity contribution >= 4 is 0 Å². The summed E-state index contributed by atoms with van der Waals surface area (Å²) in [6.45, 7) is 0. The highest BCUT2D eigenvalue weighted by Crippen LogP contribution is 2.27. The van der Waals surface area contributed by atoms with Gasteiger partial charge in [0.15, 0.2) is 0 Å². The zero-order valence-corrected chi connectivity index (χ0v) is 6.83. The fourth-order valence-electron chi connectivity index (χ4n) is 1.62. The summed E-state index contributed by atoms with van der Waals surface area (Å²) >= 11 is 0. The molecule has 1 atom stereocenters. The van der Waals surface area contributed by atoms with Gasteiger partial charge < -0.3 is 0 Å². The maximum absolute atomic E-state index is 12.6. The van der Waals surface area contributed by atoms with Gasteiger partial charge in [0.25, 0.3) is 0 Å². The largest absolute Gasteiger partial charge is 0.207 e. The van der Waals surface area contributed by atoms with Gasteiger partial charge in [-0.2, -0.15) is 0 Å². The fraction of sp³-hybridized carbons (Fsp3) is 0.273. The monoisotopic (exact) mass is 162 g/mol. The summed E-state index contributed by atoms with van der Waals surface area (Å²) in [6.07, 6.45) is 6.72. The van der Waals surface area contributed by atoms with Crippen molar-refractivity contribution in [3.63, 3.8) is 0 Å². The van der Waals surface area contributed by atoms with Crippen molar-refractivity contribution in [3.05, 3.63) is 47.8 Å². The summed E-state index contributed by atoms with van der Waals surface area (Å²) in [4.78, 5) is 0. The van der Waals surface area contributed by atoms with Crippen LogP contribution in [0.25, 0.3) is 0 Å². The molecule has 0 fully saturated rings. The Morgan fingerprint density at radius 3 is 2.50 bits per heavy atom. The molecule has 0 amide bonds. The molecule has 0 bridgehead atoms. The lowest BCUT2D eigenvalue weighted by atomic mass is 9.99. The predicted molar refractivity (Wildman–Crippen MR) is 47.5 cm³/mol. The van der Waals surface area contributed by atoms with E-state index in [9.17, 15) is 4.39 Å². The molecule has 1 aromatic rings. The minimum absolute atomic E-state index is 0.152. The molecule has 1 heteroatoms. The van der Waals surface area contributed by atoms with Gasteiger partial charge in [0.1, 0.15) is 5.82 Å². The van der Waals surface area contributed by atoms with Crippen LogP contribution in [-0.2, 0) is 0 Å². The minimum Gasteiger partial charge on any atom is -0.207 e. The lowest BCUT2D eigenvalue weighted by Crippen LogP contribution is -1.90. The van der Waals surface area contributed by atoms with E-state index < -0.39 is 0 Å². The normalized spacial score (nSPS) is 21.6. The number of hydrogen-bond acceptors (Lipinski definition) is 0. The maximum Gasteiger partial charge on any atom is 0.123 e. The molecule has 1 aliphatic carbocycles. The van der Waals surface area contributed by atoms with Crippen molar-refractivity contribution in [2.45, 2.75) is 18.8 Å². The zero-order valence-electron chi connectivity index (χ0n) is 6.83. The number of hydrogen-bond donors (Lipinski definition) is 0. The predicted octanol–water partition coefficient (Wildman–Crippen LogP) is 3.26. The van der Waals surface area contributed by atoms with Crippen LogP contribution >= 0.6 is 0 Å². The highest BCUT2D eigenvalue weighted by molar-refractivity contribution is 5.26. The third kappa shape index (κ3) is 1.40. The molecule has 0 radical (unpaired) electrons. The Morgan fingerprint density at radius 2 is 1.92 bits per heavy atom. The van der Waals surface area contributed by atoms with E-state index in [0.717, 1.165) is 6.42 Å². The third-order valence-corrected chi connectivity index (χ3v) is 2.31. The molecule has 2 rings (SSSR count). The van der Waals surface area contributed by atoms with Crippen LogP contribution < -0.4 is 0 Å². The fourth-order valence-corrected chi connectivity index (χ4v) is 1.62. The molecule has 0 saturated carbocycles. The molecule has 1 aliphatic rings. The van der Waals surface area contributed by atoms with Gasteiger partial charge in [0.05, 0.1) is 0 Å². The number of benzene rings is 1. The number of allylic oxidation sites excluding steroid dienone is 2. The highest BCUT2D eigenvalue weighted by Gasteiger charge is 2.10. The smallest absolute Gasteiger partial charge is 0.123 e. The van der Waals surface area contributed by atoms with Crippen molar-refractivity contribution in [1.82, 2.24) is 0 Å². The summed E-state index contributed by atoms with van der Waals surface area (Å²) in [5, 5.41) is 0. The molecule has 0 heterocycles. The van der Waals surface area contributed by atoms with Crippen LogP contribution in [0, 0.1) is 5.82 Å².